The summed E-state index contributed by atoms with van der Waals surface area (Å²) in [6.45, 7) is 4.50. The summed E-state index contributed by atoms with van der Waals surface area (Å²) >= 11 is 0. The van der Waals surface area contributed by atoms with Gasteiger partial charge in [-0.05, 0) is 25.1 Å². The highest BCUT2D eigenvalue weighted by molar-refractivity contribution is 5.64. The Hall–Kier alpha value is -2.69. The lowest BCUT2D eigenvalue weighted by atomic mass is 10.1. The molecule has 2 heterocycles. The zero-order valence-corrected chi connectivity index (χ0v) is 12.7. The fourth-order valence-corrected chi connectivity index (χ4v) is 2.18. The number of hydrogen-bond donors (Lipinski definition) is 1. The Morgan fingerprint density at radius 1 is 1.18 bits per heavy atom. The third kappa shape index (κ3) is 3.31. The average molecular weight is 294 g/mol. The third-order valence-corrected chi connectivity index (χ3v) is 3.33. The molecule has 112 valence electrons. The van der Waals surface area contributed by atoms with E-state index in [0.29, 0.717) is 12.4 Å². The standard InChI is InChI=1S/C17H18N4O/c1-3-15-10-20-17(22-15)11-19-14-6-4-5-13(9-14)16-7-8-18-12(2)21-16/h4-10,19H,3,11H2,1-2H3. The summed E-state index contributed by atoms with van der Waals surface area (Å²) in [5.74, 6) is 2.37. The molecule has 0 aliphatic rings. The first-order chi connectivity index (χ1) is 10.7. The molecule has 0 spiro atoms. The number of hydrogen-bond acceptors (Lipinski definition) is 5. The number of rotatable bonds is 5. The third-order valence-electron chi connectivity index (χ3n) is 3.33. The van der Waals surface area contributed by atoms with Crippen molar-refractivity contribution in [1.82, 2.24) is 15.0 Å². The first-order valence-corrected chi connectivity index (χ1v) is 7.32. The molecule has 0 radical (unpaired) electrons. The topological polar surface area (TPSA) is 63.8 Å². The molecule has 0 aliphatic carbocycles. The van der Waals surface area contributed by atoms with Crippen LogP contribution in [-0.4, -0.2) is 15.0 Å². The van der Waals surface area contributed by atoms with Gasteiger partial charge in [0, 0.05) is 23.9 Å². The summed E-state index contributed by atoms with van der Waals surface area (Å²) in [5.41, 5.74) is 2.97. The highest BCUT2D eigenvalue weighted by Gasteiger charge is 2.04. The van der Waals surface area contributed by atoms with Crippen molar-refractivity contribution in [3.63, 3.8) is 0 Å². The lowest BCUT2D eigenvalue weighted by Gasteiger charge is -2.07. The van der Waals surface area contributed by atoms with Crippen LogP contribution in [0.2, 0.25) is 0 Å². The Labute approximate surface area is 129 Å². The smallest absolute Gasteiger partial charge is 0.213 e. The van der Waals surface area contributed by atoms with Gasteiger partial charge in [-0.1, -0.05) is 19.1 Å². The van der Waals surface area contributed by atoms with Crippen LogP contribution in [-0.2, 0) is 13.0 Å². The summed E-state index contributed by atoms with van der Waals surface area (Å²) in [7, 11) is 0. The van der Waals surface area contributed by atoms with E-state index in [1.165, 1.54) is 0 Å². The van der Waals surface area contributed by atoms with Crippen LogP contribution >= 0.6 is 0 Å². The van der Waals surface area contributed by atoms with Gasteiger partial charge in [0.15, 0.2) is 0 Å². The van der Waals surface area contributed by atoms with Crippen LogP contribution in [0.25, 0.3) is 11.3 Å². The normalized spacial score (nSPS) is 10.6. The van der Waals surface area contributed by atoms with E-state index in [-0.39, 0.29) is 0 Å². The highest BCUT2D eigenvalue weighted by Crippen LogP contribution is 2.21. The number of anilines is 1. The summed E-state index contributed by atoms with van der Waals surface area (Å²) in [5, 5.41) is 3.32. The predicted molar refractivity (Wildman–Crippen MR) is 85.4 cm³/mol. The second kappa shape index (κ2) is 6.39. The van der Waals surface area contributed by atoms with E-state index in [1.807, 2.05) is 38.1 Å². The number of nitrogens with zero attached hydrogens (tertiary/aromatic N) is 3. The van der Waals surface area contributed by atoms with Gasteiger partial charge in [-0.2, -0.15) is 0 Å². The van der Waals surface area contributed by atoms with Gasteiger partial charge in [0.2, 0.25) is 5.89 Å². The molecule has 1 N–H and O–H groups in total. The van der Waals surface area contributed by atoms with Crippen molar-refractivity contribution in [3.8, 4) is 11.3 Å². The first kappa shape index (κ1) is 14.3. The summed E-state index contributed by atoms with van der Waals surface area (Å²) in [6.07, 6.45) is 4.41. The van der Waals surface area contributed by atoms with Gasteiger partial charge in [0.25, 0.3) is 0 Å². The zero-order valence-electron chi connectivity index (χ0n) is 12.7. The minimum atomic E-state index is 0.562. The fourth-order valence-electron chi connectivity index (χ4n) is 2.18. The van der Waals surface area contributed by atoms with Crippen molar-refractivity contribution in [2.24, 2.45) is 0 Å². The van der Waals surface area contributed by atoms with Crippen LogP contribution in [0.15, 0.2) is 47.1 Å². The number of nitrogens with one attached hydrogen (secondary N) is 1. The molecule has 1 aromatic carbocycles. The molecule has 0 saturated carbocycles. The average Bonchev–Trinajstić information content (AvgIpc) is 3.01. The molecule has 0 fully saturated rings. The van der Waals surface area contributed by atoms with Crippen LogP contribution in [0.3, 0.4) is 0 Å². The molecule has 0 unspecified atom stereocenters. The second-order valence-electron chi connectivity index (χ2n) is 5.00. The molecule has 0 bridgehead atoms. The van der Waals surface area contributed by atoms with E-state index >= 15 is 0 Å². The largest absolute Gasteiger partial charge is 0.444 e. The molecule has 0 atom stereocenters. The molecule has 0 aliphatic heterocycles. The first-order valence-electron chi connectivity index (χ1n) is 7.32. The molecule has 5 heteroatoms. The van der Waals surface area contributed by atoms with E-state index in [2.05, 4.69) is 26.3 Å². The zero-order chi connectivity index (χ0) is 15.4. The Balaban J connectivity index is 1.73. The van der Waals surface area contributed by atoms with E-state index in [1.54, 1.807) is 12.4 Å². The number of aryl methyl sites for hydroxylation is 2. The Bertz CT molecular complexity index is 767. The van der Waals surface area contributed by atoms with Gasteiger partial charge < -0.3 is 9.73 Å². The van der Waals surface area contributed by atoms with E-state index in [0.717, 1.165) is 35.0 Å². The van der Waals surface area contributed by atoms with Crippen molar-refractivity contribution in [3.05, 3.63) is 60.2 Å². The van der Waals surface area contributed by atoms with Crippen molar-refractivity contribution < 1.29 is 4.42 Å². The predicted octanol–water partition coefficient (Wildman–Crippen LogP) is 3.61. The van der Waals surface area contributed by atoms with Gasteiger partial charge in [-0.25, -0.2) is 15.0 Å². The van der Waals surface area contributed by atoms with Crippen LogP contribution in [0.1, 0.15) is 24.4 Å². The second-order valence-corrected chi connectivity index (χ2v) is 5.00. The maximum absolute atomic E-state index is 5.59. The Morgan fingerprint density at radius 3 is 2.86 bits per heavy atom. The van der Waals surface area contributed by atoms with Gasteiger partial charge in [0.1, 0.15) is 11.6 Å². The molecule has 0 amide bonds. The monoisotopic (exact) mass is 294 g/mol. The molecule has 3 aromatic rings. The van der Waals surface area contributed by atoms with Crippen LogP contribution in [0.4, 0.5) is 5.69 Å². The number of oxazole rings is 1. The van der Waals surface area contributed by atoms with Gasteiger partial charge in [-0.15, -0.1) is 0 Å². The summed E-state index contributed by atoms with van der Waals surface area (Å²) in [4.78, 5) is 12.8. The molecule has 3 rings (SSSR count). The lowest BCUT2D eigenvalue weighted by molar-refractivity contribution is 0.466. The van der Waals surface area contributed by atoms with Crippen molar-refractivity contribution in [2.45, 2.75) is 26.8 Å². The Morgan fingerprint density at radius 2 is 2.09 bits per heavy atom. The van der Waals surface area contributed by atoms with Gasteiger partial charge in [-0.3, -0.25) is 0 Å². The highest BCUT2D eigenvalue weighted by atomic mass is 16.4. The molecule has 5 nitrogen and oxygen atoms in total. The lowest BCUT2D eigenvalue weighted by Crippen LogP contribution is -1.99. The van der Waals surface area contributed by atoms with Crippen LogP contribution < -0.4 is 5.32 Å². The number of aromatic nitrogens is 3. The maximum Gasteiger partial charge on any atom is 0.213 e. The van der Waals surface area contributed by atoms with Crippen LogP contribution in [0, 0.1) is 6.92 Å². The fraction of sp³-hybridized carbons (Fsp3) is 0.235. The van der Waals surface area contributed by atoms with Crippen molar-refractivity contribution >= 4 is 5.69 Å². The summed E-state index contributed by atoms with van der Waals surface area (Å²) in [6, 6.07) is 10.0. The number of benzene rings is 1. The van der Waals surface area contributed by atoms with Gasteiger partial charge in [0.05, 0.1) is 18.4 Å². The van der Waals surface area contributed by atoms with E-state index in [4.69, 9.17) is 4.42 Å². The van der Waals surface area contributed by atoms with Crippen molar-refractivity contribution in [1.29, 1.82) is 0 Å². The van der Waals surface area contributed by atoms with Crippen LogP contribution in [0.5, 0.6) is 0 Å². The molecule has 2 aromatic heterocycles. The van der Waals surface area contributed by atoms with Crippen molar-refractivity contribution in [2.75, 3.05) is 5.32 Å². The van der Waals surface area contributed by atoms with E-state index < -0.39 is 0 Å². The molecule has 0 saturated heterocycles. The minimum absolute atomic E-state index is 0.562. The maximum atomic E-state index is 5.59. The molecular weight excluding hydrogens is 276 g/mol. The van der Waals surface area contributed by atoms with E-state index in [9.17, 15) is 0 Å². The summed E-state index contributed by atoms with van der Waals surface area (Å²) < 4.78 is 5.59. The van der Waals surface area contributed by atoms with Gasteiger partial charge >= 0.3 is 0 Å². The Kier molecular flexibility index (Phi) is 4.14. The minimum Gasteiger partial charge on any atom is -0.444 e. The molecule has 22 heavy (non-hydrogen) atoms. The molecular formula is C17H18N4O. The SMILES string of the molecule is CCc1cnc(CNc2cccc(-c3ccnc(C)n3)c2)o1. The quantitative estimate of drug-likeness (QED) is 0.778.